The lowest BCUT2D eigenvalue weighted by atomic mass is 9.74. The Balaban J connectivity index is 2.16. The second-order valence-corrected chi connectivity index (χ2v) is 11.4. The number of rotatable bonds is 5. The van der Waals surface area contributed by atoms with Crippen LogP contribution >= 0.6 is 0 Å². The predicted octanol–water partition coefficient (Wildman–Crippen LogP) is 6.38. The lowest BCUT2D eigenvalue weighted by Gasteiger charge is -2.44. The van der Waals surface area contributed by atoms with E-state index >= 15 is 0 Å². The number of alkyl halides is 7. The summed E-state index contributed by atoms with van der Waals surface area (Å²) in [6.45, 7) is 1.52. The van der Waals surface area contributed by atoms with Crippen LogP contribution in [0.15, 0.2) is 53.4 Å². The fraction of sp³-hybridized carbons (Fsp3) is 0.435. The van der Waals surface area contributed by atoms with E-state index in [1.54, 1.807) is 0 Å². The number of hydrogen-bond acceptors (Lipinski definition) is 3. The molecule has 0 atom stereocenters. The Labute approximate surface area is 206 Å². The lowest BCUT2D eigenvalue weighted by Crippen LogP contribution is -2.52. The molecule has 0 aliphatic heterocycles. The van der Waals surface area contributed by atoms with E-state index in [0.717, 1.165) is 24.3 Å². The van der Waals surface area contributed by atoms with E-state index in [1.165, 1.54) is 6.92 Å². The molecule has 2 aromatic rings. The van der Waals surface area contributed by atoms with Crippen molar-refractivity contribution in [2.75, 3.05) is 0 Å². The Hall–Kier alpha value is -2.90. The van der Waals surface area contributed by atoms with Gasteiger partial charge in [-0.05, 0) is 62.4 Å². The minimum atomic E-state index is -6.35. The largest absolute Gasteiger partial charge is 0.465 e. The summed E-state index contributed by atoms with van der Waals surface area (Å²) in [5.41, 5.74) is -8.77. The Kier molecular flexibility index (Phi) is 7.08. The van der Waals surface area contributed by atoms with Crippen LogP contribution in [0, 0.1) is 5.82 Å². The molecule has 1 aliphatic rings. The highest BCUT2D eigenvalue weighted by atomic mass is 32.2. The van der Waals surface area contributed by atoms with Gasteiger partial charge in [0.25, 0.3) is 0 Å². The van der Waals surface area contributed by atoms with E-state index < -0.39 is 55.6 Å². The van der Waals surface area contributed by atoms with Gasteiger partial charge in [0.05, 0.1) is 4.90 Å². The van der Waals surface area contributed by atoms with E-state index in [2.05, 4.69) is 5.32 Å². The topological polar surface area (TPSA) is 83.5 Å². The second kappa shape index (κ2) is 9.14. The molecule has 0 radical (unpaired) electrons. The zero-order valence-corrected chi connectivity index (χ0v) is 19.9. The zero-order chi connectivity index (χ0) is 28.1. The van der Waals surface area contributed by atoms with Crippen LogP contribution in [0.2, 0.25) is 0 Å². The van der Waals surface area contributed by atoms with E-state index in [0.29, 0.717) is 12.1 Å². The monoisotopic (exact) mass is 559 g/mol. The molecular weight excluding hydrogens is 538 g/mol. The number of benzene rings is 2. The first kappa shape index (κ1) is 28.7. The highest BCUT2D eigenvalue weighted by Gasteiger charge is 2.73. The van der Waals surface area contributed by atoms with Crippen molar-refractivity contribution in [1.82, 2.24) is 5.32 Å². The number of hydrogen-bond donors (Lipinski definition) is 2. The van der Waals surface area contributed by atoms with Crippen molar-refractivity contribution in [2.24, 2.45) is 0 Å². The van der Waals surface area contributed by atoms with Crippen LogP contribution in [0.5, 0.6) is 0 Å². The van der Waals surface area contributed by atoms with Gasteiger partial charge >= 0.3 is 24.1 Å². The molecule has 204 valence electrons. The van der Waals surface area contributed by atoms with Gasteiger partial charge in [-0.1, -0.05) is 24.3 Å². The van der Waals surface area contributed by atoms with Crippen LogP contribution in [-0.4, -0.2) is 37.5 Å². The van der Waals surface area contributed by atoms with E-state index in [-0.39, 0.29) is 48.3 Å². The van der Waals surface area contributed by atoms with E-state index in [9.17, 15) is 48.3 Å². The molecule has 1 saturated carbocycles. The van der Waals surface area contributed by atoms with Crippen LogP contribution < -0.4 is 5.32 Å². The van der Waals surface area contributed by atoms with Gasteiger partial charge in [-0.15, -0.1) is 0 Å². The van der Waals surface area contributed by atoms with Crippen LogP contribution in [0.3, 0.4) is 0 Å². The summed E-state index contributed by atoms with van der Waals surface area (Å²) in [6.07, 6.45) is -14.8. The molecule has 3 rings (SSSR count). The molecular formula is C23H21F8NO4S. The molecule has 0 spiro atoms. The number of amides is 1. The van der Waals surface area contributed by atoms with Gasteiger partial charge in [0.1, 0.15) is 10.6 Å². The maximum Gasteiger partial charge on any atom is 0.435 e. The minimum absolute atomic E-state index is 0.0698. The molecule has 37 heavy (non-hydrogen) atoms. The third-order valence-electron chi connectivity index (χ3n) is 6.80. The summed E-state index contributed by atoms with van der Waals surface area (Å²) >= 11 is 0. The summed E-state index contributed by atoms with van der Waals surface area (Å²) < 4.78 is 133. The van der Waals surface area contributed by atoms with Crippen molar-refractivity contribution in [2.45, 2.75) is 65.8 Å². The SMILES string of the molecule is CC1(NC(=O)O)CCC(c2ccc(C(F)(C(F)(F)F)C(F)(F)F)cc2)(S(=O)(=O)c2ccc(F)cc2)CC1. The van der Waals surface area contributed by atoms with E-state index in [4.69, 9.17) is 5.11 Å². The van der Waals surface area contributed by atoms with E-state index in [1.807, 2.05) is 0 Å². The van der Waals surface area contributed by atoms with Crippen molar-refractivity contribution in [3.63, 3.8) is 0 Å². The average Bonchev–Trinajstić information content (AvgIpc) is 2.77. The summed E-state index contributed by atoms with van der Waals surface area (Å²) in [5.74, 6) is -0.752. The molecule has 1 fully saturated rings. The fourth-order valence-corrected chi connectivity index (χ4v) is 6.77. The highest BCUT2D eigenvalue weighted by Crippen LogP contribution is 2.54. The van der Waals surface area contributed by atoms with Gasteiger partial charge in [-0.3, -0.25) is 0 Å². The first-order chi connectivity index (χ1) is 16.8. The minimum Gasteiger partial charge on any atom is -0.465 e. The van der Waals surface area contributed by atoms with Gasteiger partial charge in [-0.2, -0.15) is 26.3 Å². The average molecular weight is 559 g/mol. The molecule has 0 saturated heterocycles. The van der Waals surface area contributed by atoms with Gasteiger partial charge < -0.3 is 10.4 Å². The molecule has 2 N–H and O–H groups in total. The second-order valence-electron chi connectivity index (χ2n) is 9.17. The van der Waals surface area contributed by atoms with Gasteiger partial charge in [-0.25, -0.2) is 22.0 Å². The van der Waals surface area contributed by atoms with Crippen molar-refractivity contribution >= 4 is 15.9 Å². The molecule has 1 amide bonds. The molecule has 0 heterocycles. The van der Waals surface area contributed by atoms with Crippen LogP contribution in [-0.2, 0) is 20.3 Å². The molecule has 5 nitrogen and oxygen atoms in total. The highest BCUT2D eigenvalue weighted by molar-refractivity contribution is 7.92. The van der Waals surface area contributed by atoms with Crippen molar-refractivity contribution in [3.8, 4) is 0 Å². The van der Waals surface area contributed by atoms with Crippen molar-refractivity contribution in [3.05, 3.63) is 65.5 Å². The normalized spacial score (nSPS) is 23.5. The van der Waals surface area contributed by atoms with Gasteiger partial charge in [0.2, 0.25) is 0 Å². The molecule has 2 aromatic carbocycles. The maximum absolute atomic E-state index is 14.5. The number of carboxylic acid groups (broad SMARTS) is 1. The number of nitrogens with one attached hydrogen (secondary N) is 1. The standard InChI is InChI=1S/C23H21F8NO4S/c1-19(32-18(33)34)10-12-20(13-11-19,37(35,36)17-8-6-16(24)7-9-17)14-2-4-15(5-3-14)21(25,22(26,27)28)23(29,30)31/h2-9,32H,10-13H2,1H3,(H,33,34). The smallest absolute Gasteiger partial charge is 0.435 e. The van der Waals surface area contributed by atoms with Crippen LogP contribution in [0.1, 0.15) is 43.7 Å². The Morgan fingerprint density at radius 3 is 1.70 bits per heavy atom. The Morgan fingerprint density at radius 1 is 0.838 bits per heavy atom. The third kappa shape index (κ3) is 4.87. The van der Waals surface area contributed by atoms with Crippen molar-refractivity contribution in [1.29, 1.82) is 0 Å². The number of halogens is 8. The molecule has 0 aromatic heterocycles. The summed E-state index contributed by atoms with van der Waals surface area (Å²) in [5, 5.41) is 11.4. The van der Waals surface area contributed by atoms with Crippen LogP contribution in [0.4, 0.5) is 39.9 Å². The quantitative estimate of drug-likeness (QED) is 0.329. The number of sulfone groups is 1. The first-order valence-corrected chi connectivity index (χ1v) is 12.2. The summed E-state index contributed by atoms with van der Waals surface area (Å²) in [4.78, 5) is 10.8. The Bertz CT molecular complexity index is 1230. The van der Waals surface area contributed by atoms with Crippen LogP contribution in [0.25, 0.3) is 0 Å². The first-order valence-electron chi connectivity index (χ1n) is 10.7. The fourth-order valence-electron chi connectivity index (χ4n) is 4.63. The zero-order valence-electron chi connectivity index (χ0n) is 19.1. The number of carbonyl (C=O) groups is 1. The maximum atomic E-state index is 14.5. The Morgan fingerprint density at radius 2 is 1.30 bits per heavy atom. The molecule has 14 heteroatoms. The summed E-state index contributed by atoms with van der Waals surface area (Å²) in [7, 11) is -4.46. The van der Waals surface area contributed by atoms with Gasteiger partial charge in [0, 0.05) is 11.1 Å². The molecule has 0 bridgehead atoms. The van der Waals surface area contributed by atoms with Gasteiger partial charge in [0.15, 0.2) is 9.84 Å². The molecule has 0 unspecified atom stereocenters. The van der Waals surface area contributed by atoms with Crippen molar-refractivity contribution < 1.29 is 53.4 Å². The molecule has 1 aliphatic carbocycles. The predicted molar refractivity (Wildman–Crippen MR) is 115 cm³/mol. The lowest BCUT2D eigenvalue weighted by molar-refractivity contribution is -0.348. The third-order valence-corrected chi connectivity index (χ3v) is 9.36. The summed E-state index contributed by atoms with van der Waals surface area (Å²) in [6, 6.07) is 5.52.